The maximum absolute atomic E-state index is 6.13. The summed E-state index contributed by atoms with van der Waals surface area (Å²) in [6.07, 6.45) is 4.84. The lowest BCUT2D eigenvalue weighted by Gasteiger charge is -2.27. The molecule has 0 unspecified atom stereocenters. The molecule has 0 fully saturated rings. The molecule has 0 spiro atoms. The lowest BCUT2D eigenvalue weighted by molar-refractivity contribution is 0.242. The van der Waals surface area contributed by atoms with Crippen LogP contribution in [0.25, 0.3) is 11.3 Å². The largest absolute Gasteiger partial charge is 0.496 e. The van der Waals surface area contributed by atoms with Crippen LogP contribution in [-0.4, -0.2) is 33.5 Å². The fourth-order valence-electron chi connectivity index (χ4n) is 3.43. The van der Waals surface area contributed by atoms with Crippen LogP contribution < -0.4 is 4.74 Å². The van der Waals surface area contributed by atoms with Crippen molar-refractivity contribution in [1.82, 2.24) is 19.9 Å². The van der Waals surface area contributed by atoms with Crippen molar-refractivity contribution in [2.24, 2.45) is 0 Å². The van der Waals surface area contributed by atoms with Crippen LogP contribution in [0.3, 0.4) is 0 Å². The summed E-state index contributed by atoms with van der Waals surface area (Å²) in [5.74, 6) is 1.61. The molecule has 0 radical (unpaired) electrons. The highest BCUT2D eigenvalue weighted by atomic mass is 35.5. The number of nitrogens with zero attached hydrogens (tertiary/aromatic N) is 4. The highest BCUT2D eigenvalue weighted by Gasteiger charge is 2.18. The minimum atomic E-state index is 0.668. The fourth-order valence-corrected chi connectivity index (χ4v) is 3.60. The standard InChI is InChI=1S/C21H21ClN4O/c1-14-23-11-16-13-26(8-7-19(16)25-14)12-15-3-5-20(24-10-15)18-9-17(22)4-6-21(18)27-2/h3-6,9-11H,7-8,12-13H2,1-2H3. The van der Waals surface area contributed by atoms with Gasteiger partial charge in [-0.05, 0) is 36.8 Å². The molecule has 1 aliphatic rings. The third-order valence-electron chi connectivity index (χ3n) is 4.80. The predicted octanol–water partition coefficient (Wildman–Crippen LogP) is 4.07. The Labute approximate surface area is 164 Å². The van der Waals surface area contributed by atoms with Crippen LogP contribution in [0, 0.1) is 6.92 Å². The highest BCUT2D eigenvalue weighted by molar-refractivity contribution is 6.30. The van der Waals surface area contributed by atoms with Gasteiger partial charge in [0.1, 0.15) is 11.6 Å². The van der Waals surface area contributed by atoms with Gasteiger partial charge in [0.05, 0.1) is 12.8 Å². The average molecular weight is 381 g/mol. The second-order valence-electron chi connectivity index (χ2n) is 6.75. The highest BCUT2D eigenvalue weighted by Crippen LogP contribution is 2.31. The molecule has 1 aliphatic heterocycles. The SMILES string of the molecule is COc1ccc(Cl)cc1-c1ccc(CN2CCc3nc(C)ncc3C2)cn1. The maximum atomic E-state index is 6.13. The van der Waals surface area contributed by atoms with Gasteiger partial charge < -0.3 is 4.74 Å². The van der Waals surface area contributed by atoms with Gasteiger partial charge in [-0.3, -0.25) is 9.88 Å². The molecule has 0 saturated carbocycles. The third kappa shape index (κ3) is 3.94. The summed E-state index contributed by atoms with van der Waals surface area (Å²) in [6.45, 7) is 4.66. The first kappa shape index (κ1) is 17.9. The molecular formula is C21H21ClN4O. The number of hydrogen-bond acceptors (Lipinski definition) is 5. The van der Waals surface area contributed by atoms with Crippen molar-refractivity contribution in [1.29, 1.82) is 0 Å². The van der Waals surface area contributed by atoms with Crippen molar-refractivity contribution >= 4 is 11.6 Å². The molecule has 0 N–H and O–H groups in total. The average Bonchev–Trinajstić information content (AvgIpc) is 2.69. The number of hydrogen-bond donors (Lipinski definition) is 0. The number of ether oxygens (including phenoxy) is 1. The number of halogens is 1. The summed E-state index contributed by atoms with van der Waals surface area (Å²) in [7, 11) is 1.65. The van der Waals surface area contributed by atoms with E-state index in [1.165, 1.54) is 16.8 Å². The van der Waals surface area contributed by atoms with Crippen molar-refractivity contribution in [2.75, 3.05) is 13.7 Å². The number of rotatable bonds is 4. The van der Waals surface area contributed by atoms with Crippen molar-refractivity contribution in [3.8, 4) is 17.0 Å². The van der Waals surface area contributed by atoms with Gasteiger partial charge in [-0.25, -0.2) is 9.97 Å². The monoisotopic (exact) mass is 380 g/mol. The molecule has 5 nitrogen and oxygen atoms in total. The van der Waals surface area contributed by atoms with Crippen LogP contribution in [-0.2, 0) is 19.5 Å². The minimum Gasteiger partial charge on any atom is -0.496 e. The zero-order valence-corrected chi connectivity index (χ0v) is 16.2. The molecule has 27 heavy (non-hydrogen) atoms. The van der Waals surface area contributed by atoms with Crippen molar-refractivity contribution < 1.29 is 4.74 Å². The van der Waals surface area contributed by atoms with Gasteiger partial charge >= 0.3 is 0 Å². The van der Waals surface area contributed by atoms with E-state index in [1.54, 1.807) is 7.11 Å². The molecule has 138 valence electrons. The summed E-state index contributed by atoms with van der Waals surface area (Å²) in [6, 6.07) is 9.70. The summed E-state index contributed by atoms with van der Waals surface area (Å²) in [5.41, 5.74) is 5.33. The van der Waals surface area contributed by atoms with E-state index in [0.717, 1.165) is 48.9 Å². The smallest absolute Gasteiger partial charge is 0.128 e. The molecule has 0 aliphatic carbocycles. The van der Waals surface area contributed by atoms with Crippen LogP contribution in [0.15, 0.2) is 42.7 Å². The van der Waals surface area contributed by atoms with E-state index in [-0.39, 0.29) is 0 Å². The van der Waals surface area contributed by atoms with E-state index in [1.807, 2.05) is 43.6 Å². The number of benzene rings is 1. The zero-order chi connectivity index (χ0) is 18.8. The summed E-state index contributed by atoms with van der Waals surface area (Å²) >= 11 is 6.13. The van der Waals surface area contributed by atoms with Crippen molar-refractivity contribution in [3.05, 3.63) is 70.4 Å². The Morgan fingerprint density at radius 2 is 2.04 bits per heavy atom. The topological polar surface area (TPSA) is 51.1 Å². The lowest BCUT2D eigenvalue weighted by atomic mass is 10.1. The Bertz CT molecular complexity index is 959. The zero-order valence-electron chi connectivity index (χ0n) is 15.4. The molecule has 0 saturated heterocycles. The fraction of sp³-hybridized carbons (Fsp3) is 0.286. The van der Waals surface area contributed by atoms with Crippen molar-refractivity contribution in [3.63, 3.8) is 0 Å². The molecule has 6 heteroatoms. The summed E-state index contributed by atoms with van der Waals surface area (Å²) < 4.78 is 5.43. The molecule has 0 atom stereocenters. The minimum absolute atomic E-state index is 0.668. The maximum Gasteiger partial charge on any atom is 0.128 e. The molecule has 2 aromatic heterocycles. The van der Waals surface area contributed by atoms with Gasteiger partial charge in [-0.1, -0.05) is 17.7 Å². The van der Waals surface area contributed by atoms with E-state index in [9.17, 15) is 0 Å². The Morgan fingerprint density at radius 1 is 1.15 bits per heavy atom. The lowest BCUT2D eigenvalue weighted by Crippen LogP contribution is -2.31. The van der Waals surface area contributed by atoms with Gasteiger partial charge in [0.15, 0.2) is 0 Å². The van der Waals surface area contributed by atoms with Crippen molar-refractivity contribution in [2.45, 2.75) is 26.4 Å². The predicted molar refractivity (Wildman–Crippen MR) is 106 cm³/mol. The number of aromatic nitrogens is 3. The van der Waals surface area contributed by atoms with Crippen LogP contribution >= 0.6 is 11.6 Å². The summed E-state index contributed by atoms with van der Waals surface area (Å²) in [5, 5.41) is 0.668. The van der Waals surface area contributed by atoms with Gasteiger partial charge in [-0.15, -0.1) is 0 Å². The molecule has 3 heterocycles. The molecule has 4 rings (SSSR count). The molecule has 3 aromatic rings. The van der Waals surface area contributed by atoms with Gasteiger partial charge in [0.25, 0.3) is 0 Å². The molecular weight excluding hydrogens is 360 g/mol. The second kappa shape index (κ2) is 7.62. The number of pyridine rings is 1. The Morgan fingerprint density at radius 3 is 2.81 bits per heavy atom. The van der Waals surface area contributed by atoms with E-state index in [0.29, 0.717) is 5.02 Å². The first-order chi connectivity index (χ1) is 13.1. The van der Waals surface area contributed by atoms with E-state index in [2.05, 4.69) is 25.9 Å². The quantitative estimate of drug-likeness (QED) is 0.683. The third-order valence-corrected chi connectivity index (χ3v) is 5.04. The van der Waals surface area contributed by atoms with Crippen LogP contribution in [0.4, 0.5) is 0 Å². The Hall–Kier alpha value is -2.50. The Kier molecular flexibility index (Phi) is 5.05. The number of fused-ring (bicyclic) bond motifs is 1. The second-order valence-corrected chi connectivity index (χ2v) is 7.18. The first-order valence-electron chi connectivity index (χ1n) is 8.95. The number of aryl methyl sites for hydroxylation is 1. The van der Waals surface area contributed by atoms with Crippen LogP contribution in [0.2, 0.25) is 5.02 Å². The first-order valence-corrected chi connectivity index (χ1v) is 9.33. The van der Waals surface area contributed by atoms with Crippen LogP contribution in [0.5, 0.6) is 5.75 Å². The molecule has 0 amide bonds. The van der Waals surface area contributed by atoms with E-state index < -0.39 is 0 Å². The van der Waals surface area contributed by atoms with E-state index in [4.69, 9.17) is 16.3 Å². The van der Waals surface area contributed by atoms with Gasteiger partial charge in [-0.2, -0.15) is 0 Å². The van der Waals surface area contributed by atoms with Gasteiger partial charge in [0.2, 0.25) is 0 Å². The normalized spacial score (nSPS) is 14.0. The Balaban J connectivity index is 1.49. The summed E-state index contributed by atoms with van der Waals surface area (Å²) in [4.78, 5) is 15.9. The van der Waals surface area contributed by atoms with Gasteiger partial charge in [0, 0.05) is 60.3 Å². The molecule has 1 aromatic carbocycles. The van der Waals surface area contributed by atoms with E-state index >= 15 is 0 Å². The number of methoxy groups -OCH3 is 1. The van der Waals surface area contributed by atoms with Crippen LogP contribution in [0.1, 0.15) is 22.6 Å². The molecule has 0 bridgehead atoms.